The Bertz CT molecular complexity index is 838. The number of carbonyl (C=O) groups is 1. The van der Waals surface area contributed by atoms with Crippen molar-refractivity contribution >= 4 is 28.2 Å². The highest BCUT2D eigenvalue weighted by molar-refractivity contribution is 6.06. The van der Waals surface area contributed by atoms with Crippen molar-refractivity contribution < 1.29 is 9.90 Å². The van der Waals surface area contributed by atoms with Gasteiger partial charge in [0.15, 0.2) is 0 Å². The first kappa shape index (κ1) is 15.1. The number of rotatable bonds is 3. The molecule has 0 aliphatic rings. The molecule has 3 aromatic rings. The second-order valence-corrected chi connectivity index (χ2v) is 5.41. The molecule has 116 valence electrons. The third-order valence-corrected chi connectivity index (χ3v) is 3.66. The van der Waals surface area contributed by atoms with Crippen molar-refractivity contribution in [3.63, 3.8) is 0 Å². The summed E-state index contributed by atoms with van der Waals surface area (Å²) in [5.74, 6) is 0. The lowest BCUT2D eigenvalue weighted by Crippen LogP contribution is -2.19. The normalized spacial score (nSPS) is 11.9. The molecule has 0 aromatic heterocycles. The molecule has 0 fully saturated rings. The molecule has 2 amide bonds. The van der Waals surface area contributed by atoms with Gasteiger partial charge in [0.1, 0.15) is 0 Å². The van der Waals surface area contributed by atoms with Gasteiger partial charge in [-0.1, -0.05) is 48.5 Å². The second kappa shape index (κ2) is 6.50. The Kier molecular flexibility index (Phi) is 4.26. The molecule has 4 nitrogen and oxygen atoms in total. The van der Waals surface area contributed by atoms with Gasteiger partial charge in [-0.2, -0.15) is 0 Å². The van der Waals surface area contributed by atoms with Gasteiger partial charge in [-0.15, -0.1) is 0 Å². The number of hydrogen-bond donors (Lipinski definition) is 3. The van der Waals surface area contributed by atoms with Crippen LogP contribution in [0.2, 0.25) is 0 Å². The highest BCUT2D eigenvalue weighted by Crippen LogP contribution is 2.23. The van der Waals surface area contributed by atoms with Crippen molar-refractivity contribution in [3.8, 4) is 0 Å². The second-order valence-electron chi connectivity index (χ2n) is 5.41. The van der Waals surface area contributed by atoms with E-state index in [2.05, 4.69) is 10.6 Å². The number of aliphatic hydroxyl groups is 1. The van der Waals surface area contributed by atoms with Gasteiger partial charge in [-0.3, -0.25) is 0 Å². The Labute approximate surface area is 134 Å². The largest absolute Gasteiger partial charge is 0.389 e. The van der Waals surface area contributed by atoms with Gasteiger partial charge in [0.25, 0.3) is 0 Å². The smallest absolute Gasteiger partial charge is 0.323 e. The van der Waals surface area contributed by atoms with Crippen molar-refractivity contribution in [2.45, 2.75) is 13.0 Å². The van der Waals surface area contributed by atoms with Crippen molar-refractivity contribution in [2.24, 2.45) is 0 Å². The summed E-state index contributed by atoms with van der Waals surface area (Å²) >= 11 is 0. The topological polar surface area (TPSA) is 61.4 Å². The van der Waals surface area contributed by atoms with Crippen molar-refractivity contribution in [1.82, 2.24) is 0 Å². The van der Waals surface area contributed by atoms with Crippen molar-refractivity contribution in [2.75, 3.05) is 10.6 Å². The van der Waals surface area contributed by atoms with E-state index in [1.165, 1.54) is 0 Å². The number of hydrogen-bond acceptors (Lipinski definition) is 2. The van der Waals surface area contributed by atoms with Gasteiger partial charge in [-0.25, -0.2) is 4.79 Å². The highest BCUT2D eigenvalue weighted by Gasteiger charge is 2.07. The minimum Gasteiger partial charge on any atom is -0.389 e. The van der Waals surface area contributed by atoms with E-state index in [9.17, 15) is 9.90 Å². The van der Waals surface area contributed by atoms with E-state index in [1.807, 2.05) is 48.5 Å². The third-order valence-electron chi connectivity index (χ3n) is 3.66. The van der Waals surface area contributed by atoms with E-state index < -0.39 is 6.10 Å². The Morgan fingerprint density at radius 2 is 1.70 bits per heavy atom. The van der Waals surface area contributed by atoms with Crippen molar-refractivity contribution in [1.29, 1.82) is 0 Å². The van der Waals surface area contributed by atoms with Crippen LogP contribution in [0.15, 0.2) is 66.7 Å². The zero-order valence-corrected chi connectivity index (χ0v) is 12.8. The van der Waals surface area contributed by atoms with Crippen LogP contribution in [0.4, 0.5) is 16.2 Å². The first-order valence-electron chi connectivity index (χ1n) is 7.47. The molecule has 3 N–H and O–H groups in total. The van der Waals surface area contributed by atoms with Gasteiger partial charge in [0.05, 0.1) is 11.8 Å². The Hall–Kier alpha value is -2.85. The summed E-state index contributed by atoms with van der Waals surface area (Å²) in [5, 5.41) is 17.3. The van der Waals surface area contributed by atoms with Crippen molar-refractivity contribution in [3.05, 3.63) is 72.3 Å². The molecule has 0 unspecified atom stereocenters. The fourth-order valence-corrected chi connectivity index (χ4v) is 2.50. The molecule has 0 radical (unpaired) electrons. The maximum absolute atomic E-state index is 12.2. The number of anilines is 2. The summed E-state index contributed by atoms with van der Waals surface area (Å²) in [6.07, 6.45) is -0.571. The minimum atomic E-state index is -0.571. The molecule has 0 aliphatic heterocycles. The van der Waals surface area contributed by atoms with Crippen LogP contribution in [0.1, 0.15) is 18.6 Å². The Morgan fingerprint density at radius 3 is 2.52 bits per heavy atom. The first-order chi connectivity index (χ1) is 11.1. The molecule has 0 aliphatic carbocycles. The molecule has 0 bridgehead atoms. The molecule has 3 rings (SSSR count). The van der Waals surface area contributed by atoms with E-state index in [0.29, 0.717) is 5.69 Å². The fourth-order valence-electron chi connectivity index (χ4n) is 2.50. The summed E-state index contributed by atoms with van der Waals surface area (Å²) in [4.78, 5) is 12.2. The molecule has 0 saturated carbocycles. The summed E-state index contributed by atoms with van der Waals surface area (Å²) in [5.41, 5.74) is 2.15. The lowest BCUT2D eigenvalue weighted by molar-refractivity contribution is 0.199. The molecule has 0 heterocycles. The fraction of sp³-hybridized carbons (Fsp3) is 0.105. The maximum Gasteiger partial charge on any atom is 0.323 e. The Balaban J connectivity index is 1.78. The summed E-state index contributed by atoms with van der Waals surface area (Å²) in [6, 6.07) is 20.5. The molecular weight excluding hydrogens is 288 g/mol. The molecule has 23 heavy (non-hydrogen) atoms. The van der Waals surface area contributed by atoms with E-state index in [1.54, 1.807) is 25.1 Å². The maximum atomic E-state index is 12.2. The van der Waals surface area contributed by atoms with Crippen LogP contribution >= 0.6 is 0 Å². The van der Waals surface area contributed by atoms with E-state index in [4.69, 9.17) is 0 Å². The summed E-state index contributed by atoms with van der Waals surface area (Å²) < 4.78 is 0. The highest BCUT2D eigenvalue weighted by atomic mass is 16.3. The standard InChI is InChI=1S/C19H18N2O2/c1-13(22)15-8-4-9-16(12-15)20-19(23)21-18-11-5-7-14-6-2-3-10-17(14)18/h2-13,22H,1H3,(H2,20,21,23)/t13-/m1/s1. The molecule has 0 spiro atoms. The zero-order chi connectivity index (χ0) is 16.2. The van der Waals surface area contributed by atoms with Crippen LogP contribution in [-0.4, -0.2) is 11.1 Å². The van der Waals surface area contributed by atoms with Gasteiger partial charge in [0, 0.05) is 11.1 Å². The van der Waals surface area contributed by atoms with Crippen LogP contribution < -0.4 is 10.6 Å². The SMILES string of the molecule is C[C@@H](O)c1cccc(NC(=O)Nc2cccc3ccccc23)c1. The Morgan fingerprint density at radius 1 is 0.957 bits per heavy atom. The van der Waals surface area contributed by atoms with Gasteiger partial charge >= 0.3 is 6.03 Å². The molecule has 0 saturated heterocycles. The molecule has 3 aromatic carbocycles. The third kappa shape index (κ3) is 3.49. The molecular formula is C19H18N2O2. The average Bonchev–Trinajstić information content (AvgIpc) is 2.55. The van der Waals surface area contributed by atoms with Crippen LogP contribution in [-0.2, 0) is 0 Å². The number of benzene rings is 3. The van der Waals surface area contributed by atoms with E-state index in [-0.39, 0.29) is 6.03 Å². The predicted octanol–water partition coefficient (Wildman–Crippen LogP) is 4.54. The number of carbonyl (C=O) groups excluding carboxylic acids is 1. The van der Waals surface area contributed by atoms with Crippen LogP contribution in [0.5, 0.6) is 0 Å². The minimum absolute atomic E-state index is 0.316. The number of amides is 2. The molecule has 1 atom stereocenters. The number of fused-ring (bicyclic) bond motifs is 1. The van der Waals surface area contributed by atoms with E-state index >= 15 is 0 Å². The predicted molar refractivity (Wildman–Crippen MR) is 93.7 cm³/mol. The van der Waals surface area contributed by atoms with Crippen LogP contribution in [0.3, 0.4) is 0 Å². The monoisotopic (exact) mass is 306 g/mol. The quantitative estimate of drug-likeness (QED) is 0.665. The van der Waals surface area contributed by atoms with Gasteiger partial charge in [-0.05, 0) is 36.1 Å². The number of aliphatic hydroxyl groups excluding tert-OH is 1. The van der Waals surface area contributed by atoms with Crippen LogP contribution in [0.25, 0.3) is 10.8 Å². The first-order valence-corrected chi connectivity index (χ1v) is 7.47. The van der Waals surface area contributed by atoms with Gasteiger partial charge in [0.2, 0.25) is 0 Å². The van der Waals surface area contributed by atoms with E-state index in [0.717, 1.165) is 22.0 Å². The molecule has 4 heteroatoms. The zero-order valence-electron chi connectivity index (χ0n) is 12.8. The van der Waals surface area contributed by atoms with Gasteiger partial charge < -0.3 is 15.7 Å². The average molecular weight is 306 g/mol. The number of urea groups is 1. The number of nitrogens with one attached hydrogen (secondary N) is 2. The summed E-state index contributed by atoms with van der Waals surface area (Å²) in [7, 11) is 0. The lowest BCUT2D eigenvalue weighted by atomic mass is 10.1. The van der Waals surface area contributed by atoms with Crippen LogP contribution in [0, 0.1) is 0 Å². The summed E-state index contributed by atoms with van der Waals surface area (Å²) in [6.45, 7) is 1.69. The lowest BCUT2D eigenvalue weighted by Gasteiger charge is -2.11.